The van der Waals surface area contributed by atoms with E-state index in [1.165, 1.54) is 12.4 Å². The average molecular weight is 317 g/mol. The molecule has 19 heavy (non-hydrogen) atoms. The Hall–Kier alpha value is -1.36. The maximum Gasteiger partial charge on any atom is 0.276 e. The summed E-state index contributed by atoms with van der Waals surface area (Å²) in [4.78, 5) is 19.6. The van der Waals surface area contributed by atoms with Gasteiger partial charge in [0.05, 0.1) is 28.1 Å². The van der Waals surface area contributed by atoms with Crippen LogP contribution >= 0.6 is 34.8 Å². The molecule has 0 spiro atoms. The van der Waals surface area contributed by atoms with Crippen molar-refractivity contribution in [3.63, 3.8) is 0 Å². The molecule has 1 amide bonds. The van der Waals surface area contributed by atoms with Gasteiger partial charge in [-0.05, 0) is 18.6 Å². The number of halogens is 3. The summed E-state index contributed by atoms with van der Waals surface area (Å²) in [5, 5.41) is 3.46. The molecule has 98 valence electrons. The van der Waals surface area contributed by atoms with Gasteiger partial charge in [-0.2, -0.15) is 0 Å². The Morgan fingerprint density at radius 2 is 1.95 bits per heavy atom. The number of amides is 1. The number of hydrogen-bond acceptors (Lipinski definition) is 3. The van der Waals surface area contributed by atoms with E-state index in [4.69, 9.17) is 34.8 Å². The Kier molecular flexibility index (Phi) is 4.24. The highest BCUT2D eigenvalue weighted by Gasteiger charge is 2.14. The molecule has 0 radical (unpaired) electrons. The molecule has 2 rings (SSSR count). The molecule has 1 heterocycles. The molecule has 0 saturated heterocycles. The van der Waals surface area contributed by atoms with E-state index in [1.54, 1.807) is 12.1 Å². The summed E-state index contributed by atoms with van der Waals surface area (Å²) in [6, 6.07) is 3.42. The zero-order valence-corrected chi connectivity index (χ0v) is 12.0. The molecule has 0 fully saturated rings. The van der Waals surface area contributed by atoms with Crippen LogP contribution in [0.5, 0.6) is 0 Å². The number of nitrogens with one attached hydrogen (secondary N) is 1. The van der Waals surface area contributed by atoms with Crippen LogP contribution in [0.4, 0.5) is 5.69 Å². The molecule has 0 saturated carbocycles. The van der Waals surface area contributed by atoms with E-state index in [1.807, 2.05) is 6.92 Å². The Labute approximate surface area is 124 Å². The van der Waals surface area contributed by atoms with Gasteiger partial charge in [-0.3, -0.25) is 9.78 Å². The zero-order chi connectivity index (χ0) is 14.0. The van der Waals surface area contributed by atoms with Gasteiger partial charge in [0.25, 0.3) is 5.91 Å². The van der Waals surface area contributed by atoms with Crippen LogP contribution in [0, 0.1) is 6.92 Å². The molecule has 1 N–H and O–H groups in total. The predicted molar refractivity (Wildman–Crippen MR) is 76.2 cm³/mol. The number of carbonyl (C=O) groups is 1. The first-order valence-corrected chi connectivity index (χ1v) is 6.36. The Morgan fingerprint density at radius 1 is 1.21 bits per heavy atom. The van der Waals surface area contributed by atoms with E-state index in [2.05, 4.69) is 15.3 Å². The van der Waals surface area contributed by atoms with Crippen LogP contribution in [-0.4, -0.2) is 15.9 Å². The van der Waals surface area contributed by atoms with E-state index in [0.29, 0.717) is 15.7 Å². The van der Waals surface area contributed by atoms with E-state index in [9.17, 15) is 4.79 Å². The molecule has 0 aliphatic carbocycles. The third kappa shape index (κ3) is 3.15. The lowest BCUT2D eigenvalue weighted by molar-refractivity contribution is 0.102. The molecular weight excluding hydrogens is 309 g/mol. The monoisotopic (exact) mass is 315 g/mol. The molecule has 7 heteroatoms. The van der Waals surface area contributed by atoms with Crippen LogP contribution in [0.2, 0.25) is 15.2 Å². The third-order valence-electron chi connectivity index (χ3n) is 2.36. The quantitative estimate of drug-likeness (QED) is 0.911. The number of hydrogen-bond donors (Lipinski definition) is 1. The summed E-state index contributed by atoms with van der Waals surface area (Å²) >= 11 is 17.8. The van der Waals surface area contributed by atoms with Crippen molar-refractivity contribution in [2.45, 2.75) is 6.92 Å². The van der Waals surface area contributed by atoms with Crippen LogP contribution in [0.15, 0.2) is 24.5 Å². The highest BCUT2D eigenvalue weighted by atomic mass is 35.5. The van der Waals surface area contributed by atoms with Crippen molar-refractivity contribution in [1.82, 2.24) is 9.97 Å². The van der Waals surface area contributed by atoms with Crippen LogP contribution in [0.1, 0.15) is 16.1 Å². The van der Waals surface area contributed by atoms with Crippen molar-refractivity contribution in [1.29, 1.82) is 0 Å². The van der Waals surface area contributed by atoms with Crippen molar-refractivity contribution in [3.05, 3.63) is 51.0 Å². The second-order valence-corrected chi connectivity index (χ2v) is 4.91. The summed E-state index contributed by atoms with van der Waals surface area (Å²) in [5.74, 6) is -0.482. The van der Waals surface area contributed by atoms with Crippen molar-refractivity contribution in [2.75, 3.05) is 5.32 Å². The van der Waals surface area contributed by atoms with Crippen LogP contribution in [0.25, 0.3) is 0 Å². The van der Waals surface area contributed by atoms with Gasteiger partial charge in [0, 0.05) is 0 Å². The smallest absolute Gasteiger partial charge is 0.276 e. The van der Waals surface area contributed by atoms with E-state index in [0.717, 1.165) is 5.56 Å². The molecule has 4 nitrogen and oxygen atoms in total. The molecule has 0 aliphatic rings. The Morgan fingerprint density at radius 3 is 2.63 bits per heavy atom. The minimum atomic E-state index is -0.482. The number of benzene rings is 1. The molecular formula is C12H8Cl3N3O. The van der Waals surface area contributed by atoms with Crippen molar-refractivity contribution >= 4 is 46.4 Å². The topological polar surface area (TPSA) is 54.9 Å². The number of aryl methyl sites for hydroxylation is 1. The van der Waals surface area contributed by atoms with Gasteiger partial charge in [-0.1, -0.05) is 40.9 Å². The predicted octanol–water partition coefficient (Wildman–Crippen LogP) is 4.00. The normalized spacial score (nSPS) is 10.3. The first-order valence-electron chi connectivity index (χ1n) is 5.22. The summed E-state index contributed by atoms with van der Waals surface area (Å²) in [7, 11) is 0. The molecule has 1 aromatic heterocycles. The number of carbonyl (C=O) groups excluding carboxylic acids is 1. The van der Waals surface area contributed by atoms with Gasteiger partial charge in [0.1, 0.15) is 10.8 Å². The van der Waals surface area contributed by atoms with Crippen LogP contribution in [-0.2, 0) is 0 Å². The van der Waals surface area contributed by atoms with Gasteiger partial charge < -0.3 is 5.32 Å². The molecule has 0 atom stereocenters. The lowest BCUT2D eigenvalue weighted by Gasteiger charge is -2.10. The first kappa shape index (κ1) is 14.1. The van der Waals surface area contributed by atoms with E-state index < -0.39 is 5.91 Å². The molecule has 2 aromatic rings. The molecule has 0 bridgehead atoms. The summed E-state index contributed by atoms with van der Waals surface area (Å²) < 4.78 is 0. The van der Waals surface area contributed by atoms with Gasteiger partial charge in [0.15, 0.2) is 0 Å². The number of anilines is 1. The van der Waals surface area contributed by atoms with E-state index >= 15 is 0 Å². The second-order valence-electron chi connectivity index (χ2n) is 3.73. The van der Waals surface area contributed by atoms with Gasteiger partial charge >= 0.3 is 0 Å². The third-order valence-corrected chi connectivity index (χ3v) is 3.34. The molecule has 1 aromatic carbocycles. The maximum absolute atomic E-state index is 12.0. The summed E-state index contributed by atoms with van der Waals surface area (Å²) in [6.45, 7) is 1.81. The lowest BCUT2D eigenvalue weighted by atomic mass is 10.2. The fourth-order valence-corrected chi connectivity index (χ4v) is 2.01. The van der Waals surface area contributed by atoms with Crippen LogP contribution in [0.3, 0.4) is 0 Å². The van der Waals surface area contributed by atoms with E-state index in [-0.39, 0.29) is 10.8 Å². The average Bonchev–Trinajstić information content (AvgIpc) is 2.39. The van der Waals surface area contributed by atoms with Crippen molar-refractivity contribution in [3.8, 4) is 0 Å². The minimum absolute atomic E-state index is 0.0844. The highest BCUT2D eigenvalue weighted by Crippen LogP contribution is 2.33. The van der Waals surface area contributed by atoms with Gasteiger partial charge in [-0.25, -0.2) is 4.98 Å². The summed E-state index contributed by atoms with van der Waals surface area (Å²) in [6.07, 6.45) is 2.64. The lowest BCUT2D eigenvalue weighted by Crippen LogP contribution is -2.15. The maximum atomic E-state index is 12.0. The summed E-state index contributed by atoms with van der Waals surface area (Å²) in [5.41, 5.74) is 1.23. The SMILES string of the molecule is Cc1ccc(Cl)c(NC(=O)c2cncc(Cl)n2)c1Cl. The standard InChI is InChI=1S/C12H8Cl3N3O/c1-6-2-3-7(13)11(10(6)15)18-12(19)8-4-16-5-9(14)17-8/h2-5H,1H3,(H,18,19). The van der Waals surface area contributed by atoms with Crippen molar-refractivity contribution in [2.24, 2.45) is 0 Å². The fraction of sp³-hybridized carbons (Fsp3) is 0.0833. The Balaban J connectivity index is 2.32. The Bertz CT molecular complexity index is 646. The number of aromatic nitrogens is 2. The minimum Gasteiger partial charge on any atom is -0.318 e. The fourth-order valence-electron chi connectivity index (χ4n) is 1.40. The largest absolute Gasteiger partial charge is 0.318 e. The number of nitrogens with zero attached hydrogens (tertiary/aromatic N) is 2. The molecule has 0 unspecified atom stereocenters. The molecule has 0 aliphatic heterocycles. The number of rotatable bonds is 2. The van der Waals surface area contributed by atoms with Gasteiger partial charge in [0.2, 0.25) is 0 Å². The second kappa shape index (κ2) is 5.74. The van der Waals surface area contributed by atoms with Gasteiger partial charge in [-0.15, -0.1) is 0 Å². The van der Waals surface area contributed by atoms with Crippen LogP contribution < -0.4 is 5.32 Å². The highest BCUT2D eigenvalue weighted by molar-refractivity contribution is 6.40. The zero-order valence-electron chi connectivity index (χ0n) is 9.75. The van der Waals surface area contributed by atoms with Crippen molar-refractivity contribution < 1.29 is 4.79 Å². The first-order chi connectivity index (χ1) is 8.99.